The molecule has 2 N–H and O–H groups in total. The average molecular weight is 232 g/mol. The molecule has 2 heterocycles. The molecule has 0 saturated heterocycles. The molecule has 0 aromatic carbocycles. The van der Waals surface area contributed by atoms with E-state index in [-0.39, 0.29) is 6.03 Å². The van der Waals surface area contributed by atoms with Crippen molar-refractivity contribution >= 4 is 11.8 Å². The van der Waals surface area contributed by atoms with Crippen molar-refractivity contribution in [1.29, 1.82) is 0 Å². The maximum atomic E-state index is 11.5. The summed E-state index contributed by atoms with van der Waals surface area (Å²) < 4.78 is 1.84. The number of amides is 2. The van der Waals surface area contributed by atoms with E-state index in [0.717, 1.165) is 5.82 Å². The Bertz CT molecular complexity index is 495. The summed E-state index contributed by atoms with van der Waals surface area (Å²) in [5, 5.41) is 5.24. The van der Waals surface area contributed by atoms with Crippen LogP contribution in [-0.2, 0) is 13.6 Å². The number of hydrogen-bond acceptors (Lipinski definition) is 4. The molecule has 0 saturated carbocycles. The number of aryl methyl sites for hydroxylation is 1. The van der Waals surface area contributed by atoms with Gasteiger partial charge in [0.2, 0.25) is 0 Å². The highest BCUT2D eigenvalue weighted by atomic mass is 16.2. The van der Waals surface area contributed by atoms with Gasteiger partial charge in [0.05, 0.1) is 12.7 Å². The first-order valence-electron chi connectivity index (χ1n) is 5.03. The van der Waals surface area contributed by atoms with Crippen LogP contribution in [0.1, 0.15) is 5.82 Å². The van der Waals surface area contributed by atoms with E-state index in [9.17, 15) is 4.79 Å². The molecule has 2 amide bonds. The molecule has 2 aromatic rings. The third-order valence-corrected chi connectivity index (χ3v) is 2.13. The van der Waals surface area contributed by atoms with E-state index in [1.807, 2.05) is 17.8 Å². The Balaban J connectivity index is 1.84. The van der Waals surface area contributed by atoms with Crippen LogP contribution in [0.2, 0.25) is 0 Å². The number of nitrogens with zero attached hydrogens (tertiary/aromatic N) is 4. The summed E-state index contributed by atoms with van der Waals surface area (Å²) >= 11 is 0. The smallest absolute Gasteiger partial charge is 0.320 e. The van der Waals surface area contributed by atoms with Crippen molar-refractivity contribution in [3.05, 3.63) is 36.8 Å². The first-order valence-corrected chi connectivity index (χ1v) is 5.03. The number of carbonyl (C=O) groups excluding carboxylic acids is 1. The van der Waals surface area contributed by atoms with Gasteiger partial charge >= 0.3 is 6.03 Å². The zero-order valence-electron chi connectivity index (χ0n) is 9.29. The fraction of sp³-hybridized carbons (Fsp3) is 0.200. The molecule has 0 aliphatic carbocycles. The van der Waals surface area contributed by atoms with Gasteiger partial charge in [-0.2, -0.15) is 0 Å². The number of aromatic nitrogens is 4. The zero-order chi connectivity index (χ0) is 12.1. The van der Waals surface area contributed by atoms with Gasteiger partial charge in [0.25, 0.3) is 0 Å². The predicted molar refractivity (Wildman–Crippen MR) is 61.1 cm³/mol. The molecular weight excluding hydrogens is 220 g/mol. The van der Waals surface area contributed by atoms with E-state index in [2.05, 4.69) is 25.6 Å². The van der Waals surface area contributed by atoms with Crippen LogP contribution in [0, 0.1) is 0 Å². The largest absolute Gasteiger partial charge is 0.337 e. The predicted octanol–water partition coefficient (Wildman–Crippen LogP) is 0.532. The van der Waals surface area contributed by atoms with Gasteiger partial charge in [-0.15, -0.1) is 0 Å². The average Bonchev–Trinajstić information content (AvgIpc) is 2.74. The molecule has 0 fully saturated rings. The molecule has 7 heteroatoms. The van der Waals surface area contributed by atoms with E-state index < -0.39 is 0 Å². The lowest BCUT2D eigenvalue weighted by Gasteiger charge is -2.06. The van der Waals surface area contributed by atoms with Gasteiger partial charge in [-0.3, -0.25) is 10.3 Å². The van der Waals surface area contributed by atoms with Crippen molar-refractivity contribution in [1.82, 2.24) is 24.8 Å². The third-order valence-electron chi connectivity index (χ3n) is 2.13. The first kappa shape index (κ1) is 11.1. The molecule has 17 heavy (non-hydrogen) atoms. The van der Waals surface area contributed by atoms with Gasteiger partial charge in [0, 0.05) is 31.8 Å². The zero-order valence-corrected chi connectivity index (χ0v) is 9.29. The molecule has 0 spiro atoms. The number of anilines is 1. The van der Waals surface area contributed by atoms with Crippen LogP contribution in [0.3, 0.4) is 0 Å². The Morgan fingerprint density at radius 3 is 2.88 bits per heavy atom. The molecule has 2 aromatic heterocycles. The van der Waals surface area contributed by atoms with Crippen molar-refractivity contribution in [2.45, 2.75) is 6.54 Å². The van der Waals surface area contributed by atoms with Crippen LogP contribution in [0.4, 0.5) is 10.6 Å². The van der Waals surface area contributed by atoms with E-state index in [1.54, 1.807) is 6.20 Å². The van der Waals surface area contributed by atoms with Gasteiger partial charge < -0.3 is 9.88 Å². The van der Waals surface area contributed by atoms with Crippen LogP contribution >= 0.6 is 0 Å². The Labute approximate surface area is 97.9 Å². The van der Waals surface area contributed by atoms with E-state index in [1.165, 1.54) is 18.6 Å². The molecule has 2 rings (SSSR count). The molecule has 0 aliphatic heterocycles. The second-order valence-electron chi connectivity index (χ2n) is 3.35. The van der Waals surface area contributed by atoms with E-state index >= 15 is 0 Å². The maximum absolute atomic E-state index is 11.5. The number of rotatable bonds is 3. The molecule has 88 valence electrons. The van der Waals surface area contributed by atoms with E-state index in [4.69, 9.17) is 0 Å². The van der Waals surface area contributed by atoms with Crippen LogP contribution < -0.4 is 10.6 Å². The Morgan fingerprint density at radius 1 is 1.35 bits per heavy atom. The van der Waals surface area contributed by atoms with Gasteiger partial charge in [0.1, 0.15) is 5.82 Å². The fourth-order valence-electron chi connectivity index (χ4n) is 1.25. The molecule has 0 unspecified atom stereocenters. The summed E-state index contributed by atoms with van der Waals surface area (Å²) in [6.07, 6.45) is 8.01. The Kier molecular flexibility index (Phi) is 3.29. The highest BCUT2D eigenvalue weighted by Crippen LogP contribution is 1.97. The number of nitrogens with one attached hydrogen (secondary N) is 2. The summed E-state index contributed by atoms with van der Waals surface area (Å²) in [5.74, 6) is 1.18. The van der Waals surface area contributed by atoms with Gasteiger partial charge in [0.15, 0.2) is 5.82 Å². The quantitative estimate of drug-likeness (QED) is 0.808. The minimum Gasteiger partial charge on any atom is -0.337 e. The lowest BCUT2D eigenvalue weighted by molar-refractivity contribution is 0.251. The molecule has 0 atom stereocenters. The van der Waals surface area contributed by atoms with Crippen molar-refractivity contribution in [3.63, 3.8) is 0 Å². The van der Waals surface area contributed by atoms with E-state index in [0.29, 0.717) is 12.4 Å². The van der Waals surface area contributed by atoms with Crippen molar-refractivity contribution in [2.24, 2.45) is 7.05 Å². The lowest BCUT2D eigenvalue weighted by atomic mass is 10.5. The summed E-state index contributed by atoms with van der Waals surface area (Å²) in [6, 6.07) is -0.339. The Morgan fingerprint density at radius 2 is 2.24 bits per heavy atom. The van der Waals surface area contributed by atoms with Gasteiger partial charge in [-0.05, 0) is 0 Å². The second-order valence-corrected chi connectivity index (χ2v) is 3.35. The fourth-order valence-corrected chi connectivity index (χ4v) is 1.25. The summed E-state index contributed by atoms with van der Waals surface area (Å²) in [6.45, 7) is 0.357. The van der Waals surface area contributed by atoms with Crippen molar-refractivity contribution in [3.8, 4) is 0 Å². The lowest BCUT2D eigenvalue weighted by Crippen LogP contribution is -2.29. The molecule has 0 bridgehead atoms. The normalized spacial score (nSPS) is 9.94. The van der Waals surface area contributed by atoms with Crippen LogP contribution in [0.15, 0.2) is 31.0 Å². The first-order chi connectivity index (χ1) is 8.25. The number of hydrogen-bond donors (Lipinski definition) is 2. The second kappa shape index (κ2) is 5.06. The number of urea groups is 1. The summed E-state index contributed by atoms with van der Waals surface area (Å²) in [7, 11) is 1.87. The van der Waals surface area contributed by atoms with Gasteiger partial charge in [-0.1, -0.05) is 0 Å². The summed E-state index contributed by atoms with van der Waals surface area (Å²) in [4.78, 5) is 23.3. The highest BCUT2D eigenvalue weighted by Gasteiger charge is 2.04. The van der Waals surface area contributed by atoms with Gasteiger partial charge in [-0.25, -0.2) is 14.8 Å². The molecule has 0 radical (unpaired) electrons. The van der Waals surface area contributed by atoms with Crippen LogP contribution in [-0.4, -0.2) is 25.6 Å². The maximum Gasteiger partial charge on any atom is 0.320 e. The molecular formula is C10H12N6O. The molecule has 7 nitrogen and oxygen atoms in total. The number of carbonyl (C=O) groups is 1. The molecule has 0 aliphatic rings. The van der Waals surface area contributed by atoms with Crippen LogP contribution in [0.25, 0.3) is 0 Å². The Hall–Kier alpha value is -2.44. The number of imidazole rings is 1. The van der Waals surface area contributed by atoms with Crippen molar-refractivity contribution in [2.75, 3.05) is 5.32 Å². The monoisotopic (exact) mass is 232 g/mol. The standard InChI is InChI=1S/C10H12N6O/c1-16-5-4-13-9(16)7-14-10(17)15-8-6-11-2-3-12-8/h2-6H,7H2,1H3,(H2,12,14,15,17). The highest BCUT2D eigenvalue weighted by molar-refractivity contribution is 5.87. The topological polar surface area (TPSA) is 84.7 Å². The SMILES string of the molecule is Cn1ccnc1CNC(=O)Nc1cnccn1. The third kappa shape index (κ3) is 3.00. The van der Waals surface area contributed by atoms with Crippen LogP contribution in [0.5, 0.6) is 0 Å². The summed E-state index contributed by atoms with van der Waals surface area (Å²) in [5.41, 5.74) is 0. The minimum atomic E-state index is -0.339. The minimum absolute atomic E-state index is 0.339. The van der Waals surface area contributed by atoms with Crippen molar-refractivity contribution < 1.29 is 4.79 Å².